The monoisotopic (exact) mass is 276 g/mol. The molecule has 0 heterocycles. The minimum absolute atomic E-state index is 0.127. The van der Waals surface area contributed by atoms with Crippen LogP contribution in [-0.2, 0) is 4.79 Å². The number of nitrogens with zero attached hydrogens (tertiary/aromatic N) is 1. The van der Waals surface area contributed by atoms with E-state index in [1.165, 1.54) is 0 Å². The highest BCUT2D eigenvalue weighted by Crippen LogP contribution is 2.28. The van der Waals surface area contributed by atoms with Gasteiger partial charge in [0.05, 0.1) is 13.7 Å². The summed E-state index contributed by atoms with van der Waals surface area (Å²) in [5.41, 5.74) is 6.60. The second kappa shape index (κ2) is 6.79. The van der Waals surface area contributed by atoms with E-state index in [1.54, 1.807) is 7.11 Å². The van der Waals surface area contributed by atoms with Gasteiger partial charge in [-0.3, -0.25) is 9.79 Å². The third-order valence-corrected chi connectivity index (χ3v) is 3.00. The van der Waals surface area contributed by atoms with Crippen molar-refractivity contribution in [3.63, 3.8) is 0 Å². The predicted octanol–water partition coefficient (Wildman–Crippen LogP) is 0.948. The van der Waals surface area contributed by atoms with E-state index in [0.29, 0.717) is 19.0 Å². The molecule has 1 aliphatic carbocycles. The van der Waals surface area contributed by atoms with Crippen LogP contribution in [0.2, 0.25) is 0 Å². The lowest BCUT2D eigenvalue weighted by Crippen LogP contribution is -2.29. The van der Waals surface area contributed by atoms with Crippen molar-refractivity contribution in [2.24, 2.45) is 16.6 Å². The van der Waals surface area contributed by atoms with Gasteiger partial charge in [-0.2, -0.15) is 0 Å². The molecule has 6 nitrogen and oxygen atoms in total. The summed E-state index contributed by atoms with van der Waals surface area (Å²) < 4.78 is 5.07. The fraction of sp³-hybridized carbons (Fsp3) is 0.429. The summed E-state index contributed by atoms with van der Waals surface area (Å²) in [6.07, 6.45) is 2.02. The van der Waals surface area contributed by atoms with Crippen LogP contribution in [0.25, 0.3) is 0 Å². The zero-order chi connectivity index (χ0) is 14.4. The standard InChI is InChI=1S/C14H20N4O2/c1-20-12-6-4-11(5-7-12)18-14(15)17-9-8-16-13(19)10-2-3-10/h4-7,10H,2-3,8-9H2,1H3,(H,16,19)(H3,15,17,18). The first-order valence-corrected chi connectivity index (χ1v) is 6.68. The fourth-order valence-electron chi connectivity index (χ4n) is 1.71. The van der Waals surface area contributed by atoms with E-state index in [1.807, 2.05) is 24.3 Å². The van der Waals surface area contributed by atoms with Gasteiger partial charge < -0.3 is 21.1 Å². The zero-order valence-electron chi connectivity index (χ0n) is 11.6. The molecule has 1 aromatic rings. The van der Waals surface area contributed by atoms with Crippen molar-refractivity contribution in [1.29, 1.82) is 0 Å². The molecular weight excluding hydrogens is 256 g/mol. The molecule has 4 N–H and O–H groups in total. The fourth-order valence-corrected chi connectivity index (χ4v) is 1.71. The molecule has 6 heteroatoms. The van der Waals surface area contributed by atoms with Crippen LogP contribution in [-0.4, -0.2) is 32.1 Å². The van der Waals surface area contributed by atoms with Gasteiger partial charge in [-0.05, 0) is 37.1 Å². The zero-order valence-corrected chi connectivity index (χ0v) is 11.6. The average molecular weight is 276 g/mol. The second-order valence-corrected chi connectivity index (χ2v) is 4.69. The predicted molar refractivity (Wildman–Crippen MR) is 78.8 cm³/mol. The van der Waals surface area contributed by atoms with Crippen molar-refractivity contribution in [3.05, 3.63) is 24.3 Å². The van der Waals surface area contributed by atoms with Gasteiger partial charge in [-0.25, -0.2) is 0 Å². The average Bonchev–Trinajstić information content (AvgIpc) is 3.29. The number of aliphatic imine (C=N–C) groups is 1. The Morgan fingerprint density at radius 3 is 2.70 bits per heavy atom. The Morgan fingerprint density at radius 2 is 2.10 bits per heavy atom. The number of guanidine groups is 1. The van der Waals surface area contributed by atoms with Crippen LogP contribution in [0.15, 0.2) is 29.3 Å². The summed E-state index contributed by atoms with van der Waals surface area (Å²) in [5, 5.41) is 5.81. The van der Waals surface area contributed by atoms with E-state index >= 15 is 0 Å². The van der Waals surface area contributed by atoms with Gasteiger partial charge in [0.25, 0.3) is 0 Å². The van der Waals surface area contributed by atoms with Crippen LogP contribution < -0.4 is 21.1 Å². The Hall–Kier alpha value is -2.24. The first kappa shape index (κ1) is 14.2. The summed E-state index contributed by atoms with van der Waals surface area (Å²) in [6, 6.07) is 7.39. The Labute approximate surface area is 118 Å². The molecule has 108 valence electrons. The number of ether oxygens (including phenoxy) is 1. The quantitative estimate of drug-likeness (QED) is 0.410. The molecule has 1 saturated carbocycles. The number of hydrogen-bond acceptors (Lipinski definition) is 3. The number of amides is 1. The molecule has 1 fully saturated rings. The van der Waals surface area contributed by atoms with Crippen molar-refractivity contribution < 1.29 is 9.53 Å². The van der Waals surface area contributed by atoms with Gasteiger partial charge >= 0.3 is 0 Å². The third-order valence-electron chi connectivity index (χ3n) is 3.00. The summed E-state index contributed by atoms with van der Waals surface area (Å²) in [7, 11) is 1.62. The maximum Gasteiger partial charge on any atom is 0.223 e. The number of benzene rings is 1. The minimum Gasteiger partial charge on any atom is -0.497 e. The van der Waals surface area contributed by atoms with Crippen molar-refractivity contribution in [1.82, 2.24) is 5.32 Å². The molecule has 0 unspecified atom stereocenters. The van der Waals surface area contributed by atoms with Crippen LogP contribution in [0.1, 0.15) is 12.8 Å². The number of anilines is 1. The summed E-state index contributed by atoms with van der Waals surface area (Å²) >= 11 is 0. The second-order valence-electron chi connectivity index (χ2n) is 4.69. The Balaban J connectivity index is 1.70. The van der Waals surface area contributed by atoms with E-state index in [9.17, 15) is 4.79 Å². The lowest BCUT2D eigenvalue weighted by molar-refractivity contribution is -0.122. The highest BCUT2D eigenvalue weighted by Gasteiger charge is 2.28. The number of methoxy groups -OCH3 is 1. The molecule has 0 atom stereocenters. The largest absolute Gasteiger partial charge is 0.497 e. The number of carbonyl (C=O) groups is 1. The molecule has 0 saturated heterocycles. The Bertz CT molecular complexity index is 480. The first-order valence-electron chi connectivity index (χ1n) is 6.68. The number of carbonyl (C=O) groups excluding carboxylic acids is 1. The van der Waals surface area contributed by atoms with Gasteiger partial charge in [0.1, 0.15) is 5.75 Å². The summed E-state index contributed by atoms with van der Waals surface area (Å²) in [4.78, 5) is 15.5. The molecule has 1 amide bonds. The molecule has 0 radical (unpaired) electrons. The number of nitrogens with two attached hydrogens (primary N) is 1. The van der Waals surface area contributed by atoms with Crippen LogP contribution >= 0.6 is 0 Å². The van der Waals surface area contributed by atoms with Gasteiger partial charge in [0.15, 0.2) is 5.96 Å². The maximum absolute atomic E-state index is 11.4. The smallest absolute Gasteiger partial charge is 0.223 e. The normalized spacial score (nSPS) is 14.8. The molecule has 1 aromatic carbocycles. The van der Waals surface area contributed by atoms with Crippen molar-refractivity contribution >= 4 is 17.6 Å². The van der Waals surface area contributed by atoms with E-state index in [-0.39, 0.29) is 11.8 Å². The Morgan fingerprint density at radius 1 is 1.40 bits per heavy atom. The van der Waals surface area contributed by atoms with Gasteiger partial charge in [0.2, 0.25) is 5.91 Å². The van der Waals surface area contributed by atoms with Crippen LogP contribution in [0.3, 0.4) is 0 Å². The minimum atomic E-state index is 0.127. The highest BCUT2D eigenvalue weighted by molar-refractivity contribution is 5.92. The number of hydrogen-bond donors (Lipinski definition) is 3. The summed E-state index contributed by atoms with van der Waals surface area (Å²) in [5.74, 6) is 1.47. The van der Waals surface area contributed by atoms with Gasteiger partial charge in [-0.15, -0.1) is 0 Å². The highest BCUT2D eigenvalue weighted by atomic mass is 16.5. The number of nitrogens with one attached hydrogen (secondary N) is 2. The Kier molecular flexibility index (Phi) is 4.81. The molecule has 1 aliphatic rings. The lowest BCUT2D eigenvalue weighted by Gasteiger charge is -2.07. The summed E-state index contributed by atoms with van der Waals surface area (Å²) in [6.45, 7) is 0.980. The molecular formula is C14H20N4O2. The van der Waals surface area contributed by atoms with E-state index in [4.69, 9.17) is 10.5 Å². The number of rotatable bonds is 6. The SMILES string of the molecule is COc1ccc(NC(N)=NCCNC(=O)C2CC2)cc1. The first-order chi connectivity index (χ1) is 9.69. The molecule has 0 aliphatic heterocycles. The van der Waals surface area contributed by atoms with E-state index < -0.39 is 0 Å². The van der Waals surface area contributed by atoms with Crippen molar-refractivity contribution in [2.75, 3.05) is 25.5 Å². The molecule has 2 rings (SSSR count). The van der Waals surface area contributed by atoms with E-state index in [0.717, 1.165) is 24.3 Å². The molecule has 0 bridgehead atoms. The van der Waals surface area contributed by atoms with Crippen LogP contribution in [0.5, 0.6) is 5.75 Å². The lowest BCUT2D eigenvalue weighted by atomic mass is 10.3. The molecule has 0 aromatic heterocycles. The van der Waals surface area contributed by atoms with Gasteiger partial charge in [-0.1, -0.05) is 0 Å². The molecule has 0 spiro atoms. The topological polar surface area (TPSA) is 88.7 Å². The molecule has 20 heavy (non-hydrogen) atoms. The van der Waals surface area contributed by atoms with Crippen molar-refractivity contribution in [2.45, 2.75) is 12.8 Å². The third kappa shape index (κ3) is 4.46. The van der Waals surface area contributed by atoms with Crippen molar-refractivity contribution in [3.8, 4) is 5.75 Å². The van der Waals surface area contributed by atoms with Crippen LogP contribution in [0, 0.1) is 5.92 Å². The van der Waals surface area contributed by atoms with E-state index in [2.05, 4.69) is 15.6 Å². The van der Waals surface area contributed by atoms with Crippen LogP contribution in [0.4, 0.5) is 5.69 Å². The maximum atomic E-state index is 11.4. The van der Waals surface area contributed by atoms with Gasteiger partial charge in [0, 0.05) is 18.2 Å².